The standard InChI is InChI=1S/C24H25FO7S/c1-12-2-3-14(23-22(29)21(28)20(27)17(11-26)31-23)10-16(12)24(32-30)19-9-8-18(33-19)13-4-6-15(25)7-5-13/h2-10,17,20-24,26-30H,11H2,1H3/t17-,20-,21+,22-,23+,24?/m1/s1. The van der Waals surface area contributed by atoms with Crippen LogP contribution in [0.3, 0.4) is 0 Å². The van der Waals surface area contributed by atoms with E-state index >= 15 is 0 Å². The maximum Gasteiger partial charge on any atom is 0.152 e. The van der Waals surface area contributed by atoms with Gasteiger partial charge in [-0.2, -0.15) is 0 Å². The minimum Gasteiger partial charge on any atom is -0.394 e. The zero-order valence-corrected chi connectivity index (χ0v) is 18.5. The van der Waals surface area contributed by atoms with Gasteiger partial charge in [-0.15, -0.1) is 11.3 Å². The van der Waals surface area contributed by atoms with Crippen LogP contribution in [0.15, 0.2) is 54.6 Å². The normalized spacial score (nSPS) is 26.3. The van der Waals surface area contributed by atoms with E-state index < -0.39 is 43.2 Å². The summed E-state index contributed by atoms with van der Waals surface area (Å²) in [5.74, 6) is -0.326. The van der Waals surface area contributed by atoms with E-state index in [-0.39, 0.29) is 5.82 Å². The van der Waals surface area contributed by atoms with Crippen LogP contribution in [0, 0.1) is 12.7 Å². The summed E-state index contributed by atoms with van der Waals surface area (Å²) in [6, 6.07) is 14.9. The molecule has 0 amide bonds. The second-order valence-corrected chi connectivity index (χ2v) is 9.18. The Morgan fingerprint density at radius 3 is 2.39 bits per heavy atom. The van der Waals surface area contributed by atoms with E-state index in [9.17, 15) is 30.1 Å². The van der Waals surface area contributed by atoms with Crippen LogP contribution < -0.4 is 0 Å². The van der Waals surface area contributed by atoms with Crippen LogP contribution in [-0.2, 0) is 9.62 Å². The largest absolute Gasteiger partial charge is 0.394 e. The summed E-state index contributed by atoms with van der Waals surface area (Å²) in [5.41, 5.74) is 2.74. The Kier molecular flexibility index (Phi) is 7.22. The number of halogens is 1. The number of ether oxygens (including phenoxy) is 1. The Morgan fingerprint density at radius 1 is 1.00 bits per heavy atom. The molecule has 0 spiro atoms. The minimum absolute atomic E-state index is 0.326. The molecular formula is C24H25FO7S. The summed E-state index contributed by atoms with van der Waals surface area (Å²) in [6.07, 6.45) is -7.23. The molecule has 1 fully saturated rings. The Labute approximate surface area is 193 Å². The summed E-state index contributed by atoms with van der Waals surface area (Å²) < 4.78 is 18.9. The third-order valence-corrected chi connectivity index (χ3v) is 7.10. The molecule has 9 heteroatoms. The molecule has 1 unspecified atom stereocenters. The topological polar surface area (TPSA) is 120 Å². The average Bonchev–Trinajstić information content (AvgIpc) is 3.30. The third-order valence-electron chi connectivity index (χ3n) is 5.93. The first-order valence-electron chi connectivity index (χ1n) is 10.4. The molecule has 0 bridgehead atoms. The molecule has 0 radical (unpaired) electrons. The zero-order chi connectivity index (χ0) is 23.7. The highest BCUT2D eigenvalue weighted by Crippen LogP contribution is 2.39. The van der Waals surface area contributed by atoms with Gasteiger partial charge in [0.1, 0.15) is 36.3 Å². The van der Waals surface area contributed by atoms with Gasteiger partial charge in [-0.25, -0.2) is 9.28 Å². The van der Waals surface area contributed by atoms with Gasteiger partial charge in [-0.05, 0) is 59.5 Å². The number of benzene rings is 2. The van der Waals surface area contributed by atoms with Gasteiger partial charge in [0.2, 0.25) is 0 Å². The number of aliphatic hydroxyl groups is 4. The van der Waals surface area contributed by atoms with Crippen molar-refractivity contribution >= 4 is 11.3 Å². The molecule has 1 aliphatic heterocycles. The van der Waals surface area contributed by atoms with Gasteiger partial charge >= 0.3 is 0 Å². The monoisotopic (exact) mass is 476 g/mol. The molecule has 4 rings (SSSR count). The van der Waals surface area contributed by atoms with Crippen LogP contribution in [0.25, 0.3) is 10.4 Å². The maximum atomic E-state index is 13.2. The van der Waals surface area contributed by atoms with Gasteiger partial charge < -0.3 is 25.2 Å². The van der Waals surface area contributed by atoms with Crippen molar-refractivity contribution in [2.45, 2.75) is 43.5 Å². The summed E-state index contributed by atoms with van der Waals surface area (Å²) in [4.78, 5) is 6.41. The Bertz CT molecular complexity index is 1080. The first kappa shape index (κ1) is 23.9. The van der Waals surface area contributed by atoms with E-state index in [2.05, 4.69) is 0 Å². The van der Waals surface area contributed by atoms with Crippen molar-refractivity contribution in [3.63, 3.8) is 0 Å². The molecule has 3 aromatic rings. The summed E-state index contributed by atoms with van der Waals surface area (Å²) in [7, 11) is 0. The second-order valence-electron chi connectivity index (χ2n) is 8.06. The van der Waals surface area contributed by atoms with Crippen molar-refractivity contribution < 1.29 is 39.7 Å². The van der Waals surface area contributed by atoms with Gasteiger partial charge in [0.25, 0.3) is 0 Å². The molecule has 2 aromatic carbocycles. The highest BCUT2D eigenvalue weighted by Gasteiger charge is 2.44. The van der Waals surface area contributed by atoms with E-state index in [0.29, 0.717) is 16.0 Å². The Hall–Kier alpha value is -2.21. The van der Waals surface area contributed by atoms with E-state index in [1.807, 2.05) is 19.1 Å². The molecule has 1 saturated heterocycles. The minimum atomic E-state index is -1.49. The smallest absolute Gasteiger partial charge is 0.152 e. The molecule has 0 saturated carbocycles. The quantitative estimate of drug-likeness (QED) is 0.274. The number of thiophene rings is 1. The number of aryl methyl sites for hydroxylation is 1. The van der Waals surface area contributed by atoms with Crippen LogP contribution in [0.1, 0.15) is 33.8 Å². The zero-order valence-electron chi connectivity index (χ0n) is 17.7. The second kappa shape index (κ2) is 9.96. The fourth-order valence-corrected chi connectivity index (χ4v) is 5.08. The van der Waals surface area contributed by atoms with Crippen molar-refractivity contribution in [1.29, 1.82) is 0 Å². The highest BCUT2D eigenvalue weighted by atomic mass is 32.1. The molecule has 6 atom stereocenters. The van der Waals surface area contributed by atoms with Crippen molar-refractivity contribution in [2.24, 2.45) is 0 Å². The first-order chi connectivity index (χ1) is 15.8. The lowest BCUT2D eigenvalue weighted by molar-refractivity contribution is -0.270. The van der Waals surface area contributed by atoms with Crippen molar-refractivity contribution in [3.8, 4) is 10.4 Å². The SMILES string of the molecule is Cc1ccc([C@@H]2O[C@H](CO)[C@@H](O)[C@H](O)[C@H]2O)cc1C(OO)c1ccc(-c2ccc(F)cc2)s1. The molecule has 5 N–H and O–H groups in total. The number of aliphatic hydroxyl groups excluding tert-OH is 4. The van der Waals surface area contributed by atoms with Crippen molar-refractivity contribution in [3.05, 3.63) is 82.0 Å². The molecule has 1 aromatic heterocycles. The Morgan fingerprint density at radius 2 is 1.73 bits per heavy atom. The van der Waals surface area contributed by atoms with Crippen LogP contribution in [0.4, 0.5) is 4.39 Å². The van der Waals surface area contributed by atoms with Crippen LogP contribution in [-0.4, -0.2) is 56.7 Å². The van der Waals surface area contributed by atoms with Gasteiger partial charge in [-0.1, -0.05) is 24.3 Å². The van der Waals surface area contributed by atoms with Gasteiger partial charge in [-0.3, -0.25) is 5.26 Å². The van der Waals surface area contributed by atoms with E-state index in [1.54, 1.807) is 30.3 Å². The molecule has 176 valence electrons. The van der Waals surface area contributed by atoms with Crippen LogP contribution in [0.5, 0.6) is 0 Å². The molecule has 0 aliphatic carbocycles. The number of hydrogen-bond donors (Lipinski definition) is 5. The van der Waals surface area contributed by atoms with Crippen molar-refractivity contribution in [1.82, 2.24) is 0 Å². The molecule has 33 heavy (non-hydrogen) atoms. The lowest BCUT2D eigenvalue weighted by Gasteiger charge is -2.40. The summed E-state index contributed by atoms with van der Waals surface area (Å²) in [5, 5.41) is 49.9. The highest BCUT2D eigenvalue weighted by molar-refractivity contribution is 7.15. The van der Waals surface area contributed by atoms with Gasteiger partial charge in [0.05, 0.1) is 6.61 Å². The molecule has 7 nitrogen and oxygen atoms in total. The third kappa shape index (κ3) is 4.72. The predicted octanol–water partition coefficient (Wildman–Crippen LogP) is 2.96. The fraction of sp³-hybridized carbons (Fsp3) is 0.333. The lowest BCUT2D eigenvalue weighted by Crippen LogP contribution is -2.55. The lowest BCUT2D eigenvalue weighted by atomic mass is 9.89. The molecule has 2 heterocycles. The van der Waals surface area contributed by atoms with E-state index in [1.165, 1.54) is 23.5 Å². The maximum absolute atomic E-state index is 13.2. The average molecular weight is 477 g/mol. The first-order valence-corrected chi connectivity index (χ1v) is 11.2. The summed E-state index contributed by atoms with van der Waals surface area (Å²) in [6.45, 7) is 1.32. The summed E-state index contributed by atoms with van der Waals surface area (Å²) >= 11 is 1.38. The van der Waals surface area contributed by atoms with E-state index in [4.69, 9.17) is 9.62 Å². The predicted molar refractivity (Wildman–Crippen MR) is 119 cm³/mol. The number of hydrogen-bond acceptors (Lipinski definition) is 8. The van der Waals surface area contributed by atoms with E-state index in [0.717, 1.165) is 16.0 Å². The van der Waals surface area contributed by atoms with Gasteiger partial charge in [0.15, 0.2) is 6.10 Å². The Balaban J connectivity index is 1.66. The molecular weight excluding hydrogens is 451 g/mol. The van der Waals surface area contributed by atoms with Crippen LogP contribution in [0.2, 0.25) is 0 Å². The fourth-order valence-electron chi connectivity index (χ4n) is 4.02. The van der Waals surface area contributed by atoms with Crippen molar-refractivity contribution in [2.75, 3.05) is 6.61 Å². The molecule has 1 aliphatic rings. The van der Waals surface area contributed by atoms with Gasteiger partial charge in [0, 0.05) is 9.75 Å². The number of rotatable bonds is 6. The van der Waals surface area contributed by atoms with Crippen LogP contribution >= 0.6 is 11.3 Å².